The standard InChI is InChI=1S/C24H27N3O3S/c28-20(13-12-17-8-3-1-4-9-17)25-19(16-18-10-5-2-6-11-18)22(29)26-21-23(30)27-14-7-15-31-24(21)27/h1-6,8-11,19,21,24H,7,12-16H2,(H,25,28)(H,26,29)/t19-,21+,24-/m0/s1. The van der Waals surface area contributed by atoms with E-state index in [2.05, 4.69) is 10.6 Å². The molecule has 0 saturated carbocycles. The molecular weight excluding hydrogens is 410 g/mol. The van der Waals surface area contributed by atoms with Crippen LogP contribution >= 0.6 is 11.8 Å². The minimum absolute atomic E-state index is 0.0105. The summed E-state index contributed by atoms with van der Waals surface area (Å²) in [5.41, 5.74) is 2.04. The Kier molecular flexibility index (Phi) is 6.92. The van der Waals surface area contributed by atoms with Crippen LogP contribution in [0.3, 0.4) is 0 Å². The molecule has 0 aromatic heterocycles. The Morgan fingerprint density at radius 3 is 2.42 bits per heavy atom. The van der Waals surface area contributed by atoms with Crippen molar-refractivity contribution < 1.29 is 14.4 Å². The molecule has 6 nitrogen and oxygen atoms in total. The van der Waals surface area contributed by atoms with Crippen LogP contribution in [-0.4, -0.2) is 52.4 Å². The highest BCUT2D eigenvalue weighted by atomic mass is 32.2. The van der Waals surface area contributed by atoms with Crippen molar-refractivity contribution in [2.45, 2.75) is 43.1 Å². The highest BCUT2D eigenvalue weighted by Crippen LogP contribution is 2.34. The summed E-state index contributed by atoms with van der Waals surface area (Å²) < 4.78 is 0. The van der Waals surface area contributed by atoms with Crippen molar-refractivity contribution in [3.05, 3.63) is 71.8 Å². The lowest BCUT2D eigenvalue weighted by Gasteiger charge is -2.49. The molecule has 2 heterocycles. The van der Waals surface area contributed by atoms with Crippen LogP contribution in [-0.2, 0) is 27.2 Å². The zero-order chi connectivity index (χ0) is 21.6. The van der Waals surface area contributed by atoms with E-state index >= 15 is 0 Å². The van der Waals surface area contributed by atoms with E-state index in [-0.39, 0.29) is 23.1 Å². The van der Waals surface area contributed by atoms with Crippen molar-refractivity contribution in [2.75, 3.05) is 12.3 Å². The molecule has 2 aliphatic heterocycles. The van der Waals surface area contributed by atoms with Gasteiger partial charge in [0.15, 0.2) is 0 Å². The van der Waals surface area contributed by atoms with Crippen molar-refractivity contribution in [2.24, 2.45) is 0 Å². The quantitative estimate of drug-likeness (QED) is 0.621. The van der Waals surface area contributed by atoms with Gasteiger partial charge in [-0.3, -0.25) is 14.4 Å². The van der Waals surface area contributed by atoms with Crippen LogP contribution in [0.15, 0.2) is 60.7 Å². The van der Waals surface area contributed by atoms with E-state index in [1.807, 2.05) is 65.6 Å². The molecule has 3 atom stereocenters. The number of nitrogens with one attached hydrogen (secondary N) is 2. The molecule has 0 bridgehead atoms. The summed E-state index contributed by atoms with van der Waals surface area (Å²) in [5, 5.41) is 5.80. The van der Waals surface area contributed by atoms with Crippen LogP contribution in [0, 0.1) is 0 Å². The zero-order valence-corrected chi connectivity index (χ0v) is 18.1. The van der Waals surface area contributed by atoms with Gasteiger partial charge in [-0.25, -0.2) is 0 Å². The van der Waals surface area contributed by atoms with Crippen LogP contribution < -0.4 is 10.6 Å². The second-order valence-corrected chi connectivity index (χ2v) is 9.15. The van der Waals surface area contributed by atoms with Crippen molar-refractivity contribution in [3.63, 3.8) is 0 Å². The summed E-state index contributed by atoms with van der Waals surface area (Å²) in [4.78, 5) is 39.9. The van der Waals surface area contributed by atoms with Gasteiger partial charge in [-0.1, -0.05) is 60.7 Å². The van der Waals surface area contributed by atoms with Gasteiger partial charge in [-0.2, -0.15) is 0 Å². The van der Waals surface area contributed by atoms with Crippen LogP contribution in [0.5, 0.6) is 0 Å². The fraction of sp³-hybridized carbons (Fsp3) is 0.375. The van der Waals surface area contributed by atoms with Gasteiger partial charge < -0.3 is 15.5 Å². The third kappa shape index (κ3) is 5.28. The minimum atomic E-state index is -0.721. The lowest BCUT2D eigenvalue weighted by atomic mass is 10.0. The smallest absolute Gasteiger partial charge is 0.249 e. The first-order valence-corrected chi connectivity index (χ1v) is 11.8. The number of thioether (sulfide) groups is 1. The fourth-order valence-electron chi connectivity index (χ4n) is 4.00. The van der Waals surface area contributed by atoms with Gasteiger partial charge >= 0.3 is 0 Å². The highest BCUT2D eigenvalue weighted by molar-refractivity contribution is 8.00. The second-order valence-electron chi connectivity index (χ2n) is 7.93. The van der Waals surface area contributed by atoms with Crippen LogP contribution in [0.25, 0.3) is 0 Å². The highest BCUT2D eigenvalue weighted by Gasteiger charge is 2.49. The SMILES string of the molecule is O=C(CCc1ccccc1)N[C@@H](Cc1ccccc1)C(=O)N[C@@H]1C(=O)N2CCCS[C@@H]12. The van der Waals surface area contributed by atoms with E-state index in [1.54, 1.807) is 11.8 Å². The van der Waals surface area contributed by atoms with Crippen LogP contribution in [0.2, 0.25) is 0 Å². The molecule has 0 unspecified atom stereocenters. The molecule has 0 aliphatic carbocycles. The first-order valence-electron chi connectivity index (χ1n) is 10.7. The molecular formula is C24H27N3O3S. The maximum absolute atomic E-state index is 13.1. The van der Waals surface area contributed by atoms with Gasteiger partial charge in [0.25, 0.3) is 0 Å². The summed E-state index contributed by atoms with van der Waals surface area (Å²) in [5.74, 6) is 0.485. The fourth-order valence-corrected chi connectivity index (χ4v) is 5.30. The van der Waals surface area contributed by atoms with Crippen LogP contribution in [0.4, 0.5) is 0 Å². The first-order chi connectivity index (χ1) is 15.1. The van der Waals surface area contributed by atoms with Gasteiger partial charge in [0, 0.05) is 19.4 Å². The summed E-state index contributed by atoms with van der Waals surface area (Å²) >= 11 is 1.71. The molecule has 0 spiro atoms. The van der Waals surface area contributed by atoms with Gasteiger partial charge in [0.2, 0.25) is 17.7 Å². The number of hydrogen-bond acceptors (Lipinski definition) is 4. The number of carbonyl (C=O) groups excluding carboxylic acids is 3. The van der Waals surface area contributed by atoms with E-state index in [4.69, 9.17) is 0 Å². The molecule has 3 amide bonds. The van der Waals surface area contributed by atoms with E-state index in [0.717, 1.165) is 29.8 Å². The summed E-state index contributed by atoms with van der Waals surface area (Å²) in [6.07, 6.45) is 2.28. The summed E-state index contributed by atoms with van der Waals surface area (Å²) in [6.45, 7) is 0.756. The van der Waals surface area contributed by atoms with Gasteiger partial charge in [-0.15, -0.1) is 11.8 Å². The summed E-state index contributed by atoms with van der Waals surface area (Å²) in [7, 11) is 0. The molecule has 2 saturated heterocycles. The van der Waals surface area contributed by atoms with Gasteiger partial charge in [0.1, 0.15) is 17.5 Å². The average molecular weight is 438 g/mol. The Morgan fingerprint density at radius 1 is 1.03 bits per heavy atom. The first kappa shape index (κ1) is 21.4. The average Bonchev–Trinajstić information content (AvgIpc) is 2.81. The minimum Gasteiger partial charge on any atom is -0.344 e. The van der Waals surface area contributed by atoms with Crippen molar-refractivity contribution in [1.82, 2.24) is 15.5 Å². The van der Waals surface area contributed by atoms with Crippen molar-refractivity contribution in [1.29, 1.82) is 0 Å². The molecule has 2 aliphatic rings. The second kappa shape index (κ2) is 10.0. The summed E-state index contributed by atoms with van der Waals surface area (Å²) in [6, 6.07) is 18.2. The normalized spacial score (nSPS) is 20.9. The number of fused-ring (bicyclic) bond motifs is 1. The molecule has 2 aromatic rings. The molecule has 31 heavy (non-hydrogen) atoms. The number of amides is 3. The maximum Gasteiger partial charge on any atom is 0.249 e. The van der Waals surface area contributed by atoms with E-state index in [0.29, 0.717) is 19.3 Å². The number of rotatable bonds is 8. The Bertz CT molecular complexity index is 922. The zero-order valence-electron chi connectivity index (χ0n) is 17.3. The topological polar surface area (TPSA) is 78.5 Å². The number of carbonyl (C=O) groups is 3. The largest absolute Gasteiger partial charge is 0.344 e. The predicted octanol–water partition coefficient (Wildman–Crippen LogP) is 2.14. The number of benzene rings is 2. The Morgan fingerprint density at radius 2 is 1.71 bits per heavy atom. The molecule has 2 fully saturated rings. The predicted molar refractivity (Wildman–Crippen MR) is 121 cm³/mol. The Hall–Kier alpha value is -2.80. The lowest BCUT2D eigenvalue weighted by Crippen LogP contribution is -2.71. The van der Waals surface area contributed by atoms with Gasteiger partial charge in [-0.05, 0) is 29.7 Å². The van der Waals surface area contributed by atoms with E-state index < -0.39 is 12.1 Å². The number of nitrogens with zero attached hydrogens (tertiary/aromatic N) is 1. The maximum atomic E-state index is 13.1. The van der Waals surface area contributed by atoms with Crippen molar-refractivity contribution in [3.8, 4) is 0 Å². The third-order valence-electron chi connectivity index (χ3n) is 5.69. The van der Waals surface area contributed by atoms with Gasteiger partial charge in [0.05, 0.1) is 0 Å². The molecule has 0 radical (unpaired) electrons. The number of β-lactam (4-membered cyclic amide) rings is 1. The lowest BCUT2D eigenvalue weighted by molar-refractivity contribution is -0.149. The molecule has 4 rings (SSSR count). The Balaban J connectivity index is 1.39. The third-order valence-corrected chi connectivity index (χ3v) is 7.08. The molecule has 2 aromatic carbocycles. The van der Waals surface area contributed by atoms with E-state index in [9.17, 15) is 14.4 Å². The number of aryl methyl sites for hydroxylation is 1. The molecule has 7 heteroatoms. The molecule has 2 N–H and O–H groups in total. The monoisotopic (exact) mass is 437 g/mol. The Labute approximate surface area is 186 Å². The van der Waals surface area contributed by atoms with Crippen molar-refractivity contribution >= 4 is 29.5 Å². The molecule has 162 valence electrons. The van der Waals surface area contributed by atoms with Crippen LogP contribution in [0.1, 0.15) is 24.0 Å². The number of hydrogen-bond donors (Lipinski definition) is 2. The van der Waals surface area contributed by atoms with E-state index in [1.165, 1.54) is 0 Å².